The van der Waals surface area contributed by atoms with Gasteiger partial charge in [-0.15, -0.1) is 0 Å². The summed E-state index contributed by atoms with van der Waals surface area (Å²) in [5.74, 6) is 1.46. The number of para-hydroxylation sites is 2. The maximum absolute atomic E-state index is 13.4. The van der Waals surface area contributed by atoms with Gasteiger partial charge in [-0.1, -0.05) is 12.1 Å². The van der Waals surface area contributed by atoms with Crippen LogP contribution in [0, 0.1) is 0 Å². The van der Waals surface area contributed by atoms with Gasteiger partial charge in [0.05, 0.1) is 30.9 Å². The van der Waals surface area contributed by atoms with Crippen LogP contribution in [0.15, 0.2) is 48.3 Å². The van der Waals surface area contributed by atoms with Crippen LogP contribution < -0.4 is 20.1 Å². The van der Waals surface area contributed by atoms with E-state index in [1.165, 1.54) is 7.11 Å². The Morgan fingerprint density at radius 3 is 2.31 bits per heavy atom. The number of methoxy groups -OCH3 is 3. The Labute approximate surface area is 167 Å². The van der Waals surface area contributed by atoms with Crippen molar-refractivity contribution in [3.05, 3.63) is 54.1 Å². The zero-order chi connectivity index (χ0) is 20.8. The summed E-state index contributed by atoms with van der Waals surface area (Å²) in [5, 5.41) is 0. The highest BCUT2D eigenvalue weighted by Gasteiger charge is 2.51. The largest absolute Gasteiger partial charge is 0.497 e. The Bertz CT molecular complexity index is 1080. The second-order valence-electron chi connectivity index (χ2n) is 6.79. The number of carbonyl (C=O) groups excluding carboxylic acids is 1. The summed E-state index contributed by atoms with van der Waals surface area (Å²) in [6.07, 6.45) is 0. The molecule has 8 nitrogen and oxygen atoms in total. The lowest BCUT2D eigenvalue weighted by Gasteiger charge is -2.35. The fourth-order valence-corrected chi connectivity index (χ4v) is 3.58. The molecule has 0 radical (unpaired) electrons. The van der Waals surface area contributed by atoms with Crippen LogP contribution >= 0.6 is 0 Å². The number of anilines is 1. The molecule has 0 fully saturated rings. The zero-order valence-corrected chi connectivity index (χ0v) is 16.6. The summed E-state index contributed by atoms with van der Waals surface area (Å²) in [6, 6.07) is 12.8. The molecule has 0 aliphatic carbocycles. The number of hydrogen-bond donors (Lipinski definition) is 2. The van der Waals surface area contributed by atoms with E-state index in [1.54, 1.807) is 44.2 Å². The maximum Gasteiger partial charge on any atom is 0.222 e. The fraction of sp³-hybridized carbons (Fsp3) is 0.238. The van der Waals surface area contributed by atoms with E-state index >= 15 is 0 Å². The summed E-state index contributed by atoms with van der Waals surface area (Å²) >= 11 is 0. The molecule has 3 aromatic rings. The van der Waals surface area contributed by atoms with Crippen LogP contribution in [0.2, 0.25) is 0 Å². The Kier molecular flexibility index (Phi) is 4.43. The van der Waals surface area contributed by atoms with Crippen LogP contribution in [-0.4, -0.2) is 42.8 Å². The van der Waals surface area contributed by atoms with E-state index in [1.807, 2.05) is 24.3 Å². The number of H-pyrrole nitrogens is 1. The second-order valence-corrected chi connectivity index (χ2v) is 6.79. The number of nitrogens with two attached hydrogens (primary N) is 1. The molecule has 8 heteroatoms. The molecular weight excluding hydrogens is 372 g/mol. The van der Waals surface area contributed by atoms with E-state index < -0.39 is 5.72 Å². The van der Waals surface area contributed by atoms with Gasteiger partial charge in [0.1, 0.15) is 28.7 Å². The minimum atomic E-state index is -1.35. The number of aromatic nitrogens is 2. The van der Waals surface area contributed by atoms with Gasteiger partial charge in [-0.2, -0.15) is 0 Å². The van der Waals surface area contributed by atoms with Crippen molar-refractivity contribution in [1.29, 1.82) is 0 Å². The SMILES string of the molecule is COc1cc(OC)cc(N2C(N)=C(c3nc4ccccc4[nH]3)C(=O)C2(C)OC)c1. The van der Waals surface area contributed by atoms with Crippen LogP contribution in [0.5, 0.6) is 11.5 Å². The number of ketones is 1. The molecule has 150 valence electrons. The minimum Gasteiger partial charge on any atom is -0.497 e. The average molecular weight is 394 g/mol. The van der Waals surface area contributed by atoms with Crippen molar-refractivity contribution in [3.8, 4) is 11.5 Å². The number of nitrogens with one attached hydrogen (secondary N) is 1. The first kappa shape index (κ1) is 18.8. The van der Waals surface area contributed by atoms with Gasteiger partial charge in [0.15, 0.2) is 0 Å². The minimum absolute atomic E-state index is 0.230. The molecule has 0 saturated heterocycles. The van der Waals surface area contributed by atoms with E-state index in [9.17, 15) is 4.79 Å². The van der Waals surface area contributed by atoms with Crippen LogP contribution in [-0.2, 0) is 9.53 Å². The second kappa shape index (κ2) is 6.82. The Hall–Kier alpha value is -3.52. The monoisotopic (exact) mass is 394 g/mol. The van der Waals surface area contributed by atoms with Crippen molar-refractivity contribution in [2.45, 2.75) is 12.6 Å². The lowest BCUT2D eigenvalue weighted by molar-refractivity contribution is -0.130. The normalized spacial score (nSPS) is 19.3. The summed E-state index contributed by atoms with van der Waals surface area (Å²) < 4.78 is 16.4. The molecule has 0 amide bonds. The fourth-order valence-electron chi connectivity index (χ4n) is 3.58. The topological polar surface area (TPSA) is 103 Å². The molecule has 4 rings (SSSR count). The van der Waals surface area contributed by atoms with E-state index in [2.05, 4.69) is 9.97 Å². The maximum atomic E-state index is 13.4. The van der Waals surface area contributed by atoms with Crippen molar-refractivity contribution in [3.63, 3.8) is 0 Å². The summed E-state index contributed by atoms with van der Waals surface area (Å²) in [4.78, 5) is 22.8. The predicted octanol–water partition coefficient (Wildman–Crippen LogP) is 2.66. The van der Waals surface area contributed by atoms with Gasteiger partial charge in [-0.05, 0) is 19.1 Å². The smallest absolute Gasteiger partial charge is 0.222 e. The Morgan fingerprint density at radius 1 is 1.07 bits per heavy atom. The molecule has 1 unspecified atom stereocenters. The molecule has 0 spiro atoms. The summed E-state index contributed by atoms with van der Waals surface area (Å²) in [7, 11) is 4.58. The number of Topliss-reactive ketones (excluding diaryl/α,β-unsaturated/α-hetero) is 1. The quantitative estimate of drug-likeness (QED) is 0.686. The Balaban J connectivity index is 1.91. The van der Waals surface area contributed by atoms with Gasteiger partial charge in [0, 0.05) is 25.3 Å². The number of carbonyl (C=O) groups is 1. The zero-order valence-electron chi connectivity index (χ0n) is 16.6. The van der Waals surface area contributed by atoms with E-state index in [-0.39, 0.29) is 17.2 Å². The Morgan fingerprint density at radius 2 is 1.72 bits per heavy atom. The van der Waals surface area contributed by atoms with Crippen molar-refractivity contribution in [2.24, 2.45) is 5.73 Å². The number of benzene rings is 2. The molecule has 0 saturated carbocycles. The standard InChI is InChI=1S/C21H22N4O4/c1-21(29-4)18(26)17(20-23-15-7-5-6-8-16(15)24-20)19(22)25(21)12-9-13(27-2)11-14(10-12)28-3/h5-11H,22H2,1-4H3,(H,23,24). The molecule has 2 aromatic carbocycles. The number of rotatable bonds is 5. The number of ether oxygens (including phenoxy) is 3. The molecule has 1 aromatic heterocycles. The molecule has 0 bridgehead atoms. The van der Waals surface area contributed by atoms with Gasteiger partial charge in [0.2, 0.25) is 11.5 Å². The van der Waals surface area contributed by atoms with Crippen molar-refractivity contribution < 1.29 is 19.0 Å². The van der Waals surface area contributed by atoms with Crippen molar-refractivity contribution in [2.75, 3.05) is 26.2 Å². The predicted molar refractivity (Wildman–Crippen MR) is 110 cm³/mol. The summed E-state index contributed by atoms with van der Waals surface area (Å²) in [6.45, 7) is 1.67. The number of fused-ring (bicyclic) bond motifs is 1. The van der Waals surface area contributed by atoms with Crippen LogP contribution in [0.1, 0.15) is 12.7 Å². The molecular formula is C21H22N4O4. The molecule has 1 aliphatic heterocycles. The highest BCUT2D eigenvalue weighted by molar-refractivity contribution is 6.29. The average Bonchev–Trinajstić information content (AvgIpc) is 3.24. The molecule has 3 N–H and O–H groups in total. The van der Waals surface area contributed by atoms with Gasteiger partial charge in [-0.25, -0.2) is 4.98 Å². The number of nitrogens with zero attached hydrogens (tertiary/aromatic N) is 2. The number of hydrogen-bond acceptors (Lipinski definition) is 7. The highest BCUT2D eigenvalue weighted by Crippen LogP contribution is 2.42. The van der Waals surface area contributed by atoms with Gasteiger partial charge < -0.3 is 24.9 Å². The molecule has 1 atom stereocenters. The summed E-state index contributed by atoms with van der Waals surface area (Å²) in [5.41, 5.74) is 7.58. The van der Waals surface area contributed by atoms with E-state index in [0.717, 1.165) is 11.0 Å². The first-order valence-corrected chi connectivity index (χ1v) is 9.01. The van der Waals surface area contributed by atoms with Crippen LogP contribution in [0.25, 0.3) is 16.6 Å². The first-order chi connectivity index (χ1) is 13.9. The lowest BCUT2D eigenvalue weighted by atomic mass is 10.1. The van der Waals surface area contributed by atoms with Crippen molar-refractivity contribution >= 4 is 28.1 Å². The third-order valence-corrected chi connectivity index (χ3v) is 5.19. The first-order valence-electron chi connectivity index (χ1n) is 9.01. The van der Waals surface area contributed by atoms with Gasteiger partial charge >= 0.3 is 0 Å². The third-order valence-electron chi connectivity index (χ3n) is 5.19. The van der Waals surface area contributed by atoms with E-state index in [0.29, 0.717) is 23.0 Å². The van der Waals surface area contributed by atoms with Gasteiger partial charge in [0.25, 0.3) is 0 Å². The van der Waals surface area contributed by atoms with E-state index in [4.69, 9.17) is 19.9 Å². The number of aromatic amines is 1. The highest BCUT2D eigenvalue weighted by atomic mass is 16.5. The third kappa shape index (κ3) is 2.80. The van der Waals surface area contributed by atoms with Crippen LogP contribution in [0.4, 0.5) is 5.69 Å². The molecule has 1 aliphatic rings. The number of imidazole rings is 1. The molecule has 29 heavy (non-hydrogen) atoms. The van der Waals surface area contributed by atoms with Gasteiger partial charge in [-0.3, -0.25) is 9.69 Å². The molecule has 2 heterocycles. The van der Waals surface area contributed by atoms with Crippen LogP contribution in [0.3, 0.4) is 0 Å². The lowest BCUT2D eigenvalue weighted by Crippen LogP contribution is -2.50. The van der Waals surface area contributed by atoms with Crippen molar-refractivity contribution in [1.82, 2.24) is 9.97 Å².